The number of aromatic amines is 2. The van der Waals surface area contributed by atoms with Gasteiger partial charge in [0.05, 0.1) is 28.8 Å². The second-order valence-corrected chi connectivity index (χ2v) is 9.77. The van der Waals surface area contributed by atoms with Crippen molar-refractivity contribution in [2.45, 2.75) is 64.0 Å². The largest absolute Gasteiger partial charge is 0.344 e. The molecule has 0 amide bonds. The summed E-state index contributed by atoms with van der Waals surface area (Å²) in [6.45, 7) is 4.37. The fourth-order valence-electron chi connectivity index (χ4n) is 5.44. The average Bonchev–Trinajstić information content (AvgIpc) is 3.68. The van der Waals surface area contributed by atoms with Gasteiger partial charge in [-0.05, 0) is 81.3 Å². The smallest absolute Gasteiger partial charge is 0.124 e. The zero-order valence-electron chi connectivity index (χ0n) is 20.0. The lowest BCUT2D eigenvalue weighted by atomic mass is 10.0. The molecule has 2 aromatic carbocycles. The number of nitrogens with one attached hydrogen (secondary N) is 4. The first-order valence-corrected chi connectivity index (χ1v) is 12.9. The average molecular weight is 455 g/mol. The first kappa shape index (κ1) is 21.6. The Morgan fingerprint density at radius 1 is 0.794 bits per heavy atom. The molecule has 6 nitrogen and oxygen atoms in total. The summed E-state index contributed by atoms with van der Waals surface area (Å²) in [4.78, 5) is 16.9. The lowest BCUT2D eigenvalue weighted by molar-refractivity contribution is 0.611. The van der Waals surface area contributed by atoms with Crippen molar-refractivity contribution in [1.82, 2.24) is 30.6 Å². The van der Waals surface area contributed by atoms with Crippen molar-refractivity contribution in [2.75, 3.05) is 13.1 Å². The van der Waals surface area contributed by atoms with E-state index in [2.05, 4.69) is 70.0 Å². The predicted octanol–water partition coefficient (Wildman–Crippen LogP) is 5.15. The monoisotopic (exact) mass is 454 g/mol. The van der Waals surface area contributed by atoms with Gasteiger partial charge in [0.15, 0.2) is 0 Å². The number of fused-ring (bicyclic) bond motifs is 1. The highest BCUT2D eigenvalue weighted by Crippen LogP contribution is 2.28. The number of aromatic nitrogens is 4. The molecular weight excluding hydrogens is 420 g/mol. The molecular formula is C28H34N6. The van der Waals surface area contributed by atoms with Crippen molar-refractivity contribution in [3.63, 3.8) is 0 Å². The van der Waals surface area contributed by atoms with Crippen LogP contribution in [0.3, 0.4) is 0 Å². The van der Waals surface area contributed by atoms with Gasteiger partial charge in [-0.3, -0.25) is 0 Å². The number of H-pyrrole nitrogens is 2. The highest BCUT2D eigenvalue weighted by atomic mass is 15.1. The molecule has 2 aliphatic heterocycles. The molecule has 0 radical (unpaired) electrons. The molecule has 0 aliphatic carbocycles. The molecule has 4 aromatic rings. The van der Waals surface area contributed by atoms with Crippen LogP contribution in [0.1, 0.15) is 73.2 Å². The Labute approximate surface area is 201 Å². The van der Waals surface area contributed by atoms with Crippen molar-refractivity contribution >= 4 is 11.0 Å². The second kappa shape index (κ2) is 9.35. The third-order valence-electron chi connectivity index (χ3n) is 7.43. The molecule has 0 spiro atoms. The summed E-state index contributed by atoms with van der Waals surface area (Å²) in [5.74, 6) is 2.17. The van der Waals surface area contributed by atoms with E-state index in [1.165, 1.54) is 41.6 Å². The standard InChI is InChI=1S/C28H34N6/c1-2-21-26(34-28(31-21)24-6-4-16-30-24)20-12-9-18(10-13-20)7-8-19-11-14-22-25(17-19)33-27(32-22)23-5-3-15-29-23/h9-14,17,23-24,29-30H,2-8,15-16H2,1H3,(H,31,34)(H,32,33)/t23-,24-/m0/s1. The summed E-state index contributed by atoms with van der Waals surface area (Å²) in [5, 5.41) is 7.08. The Morgan fingerprint density at radius 3 is 2.15 bits per heavy atom. The van der Waals surface area contributed by atoms with Gasteiger partial charge in [-0.1, -0.05) is 37.3 Å². The van der Waals surface area contributed by atoms with E-state index in [0.29, 0.717) is 12.1 Å². The van der Waals surface area contributed by atoms with E-state index >= 15 is 0 Å². The lowest BCUT2D eigenvalue weighted by Gasteiger charge is -2.06. The highest BCUT2D eigenvalue weighted by Gasteiger charge is 2.22. The molecule has 4 heterocycles. The van der Waals surface area contributed by atoms with Crippen LogP contribution in [-0.4, -0.2) is 33.0 Å². The van der Waals surface area contributed by atoms with Crippen LogP contribution in [0.2, 0.25) is 0 Å². The minimum absolute atomic E-state index is 0.371. The normalized spacial score (nSPS) is 20.5. The number of hydrogen-bond donors (Lipinski definition) is 4. The third-order valence-corrected chi connectivity index (χ3v) is 7.43. The minimum atomic E-state index is 0.371. The van der Waals surface area contributed by atoms with Crippen LogP contribution in [0.15, 0.2) is 42.5 Å². The molecule has 176 valence electrons. The van der Waals surface area contributed by atoms with E-state index in [4.69, 9.17) is 9.97 Å². The Kier molecular flexibility index (Phi) is 5.93. The quantitative estimate of drug-likeness (QED) is 0.311. The molecule has 2 aromatic heterocycles. The number of benzene rings is 2. The van der Waals surface area contributed by atoms with Crippen LogP contribution in [0.25, 0.3) is 22.3 Å². The molecule has 2 saturated heterocycles. The number of nitrogens with zero attached hydrogens (tertiary/aromatic N) is 2. The summed E-state index contributed by atoms with van der Waals surface area (Å²) < 4.78 is 0. The van der Waals surface area contributed by atoms with E-state index in [1.54, 1.807) is 0 Å². The van der Waals surface area contributed by atoms with Crippen LogP contribution in [-0.2, 0) is 19.3 Å². The number of rotatable bonds is 7. The van der Waals surface area contributed by atoms with Gasteiger partial charge in [0.2, 0.25) is 0 Å². The van der Waals surface area contributed by atoms with Gasteiger partial charge in [-0.15, -0.1) is 0 Å². The summed E-state index contributed by atoms with van der Waals surface area (Å²) in [7, 11) is 0. The Bertz CT molecular complexity index is 1260. The van der Waals surface area contributed by atoms with Crippen molar-refractivity contribution in [2.24, 2.45) is 0 Å². The third kappa shape index (κ3) is 4.28. The molecule has 0 unspecified atom stereocenters. The molecule has 0 bridgehead atoms. The van der Waals surface area contributed by atoms with E-state index < -0.39 is 0 Å². The maximum absolute atomic E-state index is 4.98. The van der Waals surface area contributed by atoms with Gasteiger partial charge in [0.25, 0.3) is 0 Å². The molecule has 2 aliphatic rings. The molecule has 6 rings (SSSR count). The maximum atomic E-state index is 4.98. The number of aryl methyl sites for hydroxylation is 3. The highest BCUT2D eigenvalue weighted by molar-refractivity contribution is 5.76. The summed E-state index contributed by atoms with van der Waals surface area (Å²) >= 11 is 0. The summed E-state index contributed by atoms with van der Waals surface area (Å²) in [6, 6.07) is 16.4. The molecule has 4 N–H and O–H groups in total. The first-order valence-electron chi connectivity index (χ1n) is 12.9. The SMILES string of the molecule is CCc1[nH]c([C@@H]2CCCN2)nc1-c1ccc(CCc2ccc3nc([C@@H]4CCCN4)[nH]c3c2)cc1. The number of imidazole rings is 2. The number of hydrogen-bond acceptors (Lipinski definition) is 4. The molecule has 2 atom stereocenters. The lowest BCUT2D eigenvalue weighted by Crippen LogP contribution is -2.14. The van der Waals surface area contributed by atoms with E-state index in [1.807, 2.05) is 0 Å². The zero-order valence-corrected chi connectivity index (χ0v) is 20.0. The molecule has 0 saturated carbocycles. The van der Waals surface area contributed by atoms with Crippen LogP contribution < -0.4 is 10.6 Å². The first-order chi connectivity index (χ1) is 16.8. The summed E-state index contributed by atoms with van der Waals surface area (Å²) in [6.07, 6.45) is 7.79. The van der Waals surface area contributed by atoms with E-state index in [9.17, 15) is 0 Å². The van der Waals surface area contributed by atoms with Crippen LogP contribution in [0.5, 0.6) is 0 Å². The van der Waals surface area contributed by atoms with Crippen molar-refractivity contribution in [3.8, 4) is 11.3 Å². The topological polar surface area (TPSA) is 81.4 Å². The minimum Gasteiger partial charge on any atom is -0.344 e. The fraction of sp³-hybridized carbons (Fsp3) is 0.429. The van der Waals surface area contributed by atoms with Crippen molar-refractivity contribution in [3.05, 3.63) is 70.9 Å². The van der Waals surface area contributed by atoms with E-state index in [0.717, 1.165) is 67.1 Å². The second-order valence-electron chi connectivity index (χ2n) is 9.77. The predicted molar refractivity (Wildman–Crippen MR) is 137 cm³/mol. The fourth-order valence-corrected chi connectivity index (χ4v) is 5.44. The van der Waals surface area contributed by atoms with Crippen molar-refractivity contribution in [1.29, 1.82) is 0 Å². The van der Waals surface area contributed by atoms with Crippen LogP contribution >= 0.6 is 0 Å². The van der Waals surface area contributed by atoms with Gasteiger partial charge in [-0.25, -0.2) is 9.97 Å². The Hall–Kier alpha value is -2.96. The maximum Gasteiger partial charge on any atom is 0.124 e. The van der Waals surface area contributed by atoms with Crippen LogP contribution in [0.4, 0.5) is 0 Å². The van der Waals surface area contributed by atoms with Gasteiger partial charge < -0.3 is 20.6 Å². The summed E-state index contributed by atoms with van der Waals surface area (Å²) in [5.41, 5.74) is 8.46. The zero-order chi connectivity index (χ0) is 22.9. The van der Waals surface area contributed by atoms with Crippen molar-refractivity contribution < 1.29 is 0 Å². The van der Waals surface area contributed by atoms with Gasteiger partial charge in [-0.2, -0.15) is 0 Å². The molecule has 2 fully saturated rings. The van der Waals surface area contributed by atoms with Gasteiger partial charge in [0.1, 0.15) is 11.6 Å². The molecule has 6 heteroatoms. The van der Waals surface area contributed by atoms with Gasteiger partial charge in [0, 0.05) is 11.3 Å². The van der Waals surface area contributed by atoms with Gasteiger partial charge >= 0.3 is 0 Å². The Balaban J connectivity index is 1.14. The van der Waals surface area contributed by atoms with Crippen LogP contribution in [0, 0.1) is 0 Å². The Morgan fingerprint density at radius 2 is 1.47 bits per heavy atom. The molecule has 34 heavy (non-hydrogen) atoms. The van der Waals surface area contributed by atoms with E-state index in [-0.39, 0.29) is 0 Å².